The summed E-state index contributed by atoms with van der Waals surface area (Å²) in [5.74, 6) is -0.861. The van der Waals surface area contributed by atoms with Crippen molar-refractivity contribution in [2.75, 3.05) is 33.0 Å². The maximum Gasteiger partial charge on any atom is 0.407 e. The van der Waals surface area contributed by atoms with Gasteiger partial charge < -0.3 is 30.7 Å². The average molecular weight is 428 g/mol. The molecule has 0 saturated heterocycles. The number of carbonyl (C=O) groups is 2. The van der Waals surface area contributed by atoms with Crippen LogP contribution in [0.15, 0.2) is 48.5 Å². The third-order valence-corrected chi connectivity index (χ3v) is 5.48. The lowest BCUT2D eigenvalue weighted by Crippen LogP contribution is -2.48. The Morgan fingerprint density at radius 2 is 1.58 bits per heavy atom. The van der Waals surface area contributed by atoms with Gasteiger partial charge in [0.05, 0.1) is 13.2 Å². The van der Waals surface area contributed by atoms with E-state index in [1.807, 2.05) is 48.5 Å². The maximum atomic E-state index is 12.3. The van der Waals surface area contributed by atoms with Crippen molar-refractivity contribution in [1.29, 1.82) is 0 Å². The van der Waals surface area contributed by atoms with Crippen LogP contribution in [0.1, 0.15) is 24.0 Å². The van der Waals surface area contributed by atoms with Gasteiger partial charge in [-0.3, -0.25) is 0 Å². The number of hydrogen-bond donors (Lipinski definition) is 4. The van der Waals surface area contributed by atoms with E-state index in [1.165, 1.54) is 0 Å². The Bertz CT molecular complexity index is 882. The number of rotatable bonds is 9. The number of ether oxygens (including phenoxy) is 2. The van der Waals surface area contributed by atoms with E-state index in [9.17, 15) is 19.8 Å². The van der Waals surface area contributed by atoms with E-state index in [1.54, 1.807) is 6.92 Å². The van der Waals surface area contributed by atoms with Crippen molar-refractivity contribution in [2.24, 2.45) is 11.1 Å². The molecular formula is C23H28N2O6. The van der Waals surface area contributed by atoms with Gasteiger partial charge >= 0.3 is 12.1 Å². The molecule has 1 atom stereocenters. The molecule has 0 spiro atoms. The number of esters is 1. The van der Waals surface area contributed by atoms with Crippen LogP contribution in [0.25, 0.3) is 11.1 Å². The number of benzene rings is 2. The predicted octanol–water partition coefficient (Wildman–Crippen LogP) is 1.39. The number of hydrogen-bond acceptors (Lipinski definition) is 7. The van der Waals surface area contributed by atoms with E-state index in [0.717, 1.165) is 22.3 Å². The third kappa shape index (κ3) is 5.04. The van der Waals surface area contributed by atoms with Crippen LogP contribution in [0, 0.1) is 5.41 Å². The monoisotopic (exact) mass is 428 g/mol. The molecule has 0 bridgehead atoms. The quantitative estimate of drug-likeness (QED) is 0.444. The number of amides is 1. The molecule has 0 fully saturated rings. The van der Waals surface area contributed by atoms with Gasteiger partial charge in [0, 0.05) is 17.9 Å². The second-order valence-electron chi connectivity index (χ2n) is 7.99. The Morgan fingerprint density at radius 3 is 2.10 bits per heavy atom. The fraction of sp³-hybridized carbons (Fsp3) is 0.391. The number of carbonyl (C=O) groups excluding carboxylic acids is 2. The highest BCUT2D eigenvalue weighted by Gasteiger charge is 2.31. The summed E-state index contributed by atoms with van der Waals surface area (Å²) >= 11 is 0. The maximum absolute atomic E-state index is 12.3. The molecule has 0 unspecified atom stereocenters. The second-order valence-corrected chi connectivity index (χ2v) is 7.99. The molecule has 0 aliphatic heterocycles. The van der Waals surface area contributed by atoms with E-state index >= 15 is 0 Å². The molecule has 5 N–H and O–H groups in total. The van der Waals surface area contributed by atoms with Crippen molar-refractivity contribution in [3.8, 4) is 11.1 Å². The molecule has 166 valence electrons. The molecule has 3 rings (SSSR count). The first-order valence-corrected chi connectivity index (χ1v) is 10.1. The molecule has 31 heavy (non-hydrogen) atoms. The van der Waals surface area contributed by atoms with Crippen LogP contribution in [0.3, 0.4) is 0 Å². The van der Waals surface area contributed by atoms with Gasteiger partial charge in [0.15, 0.2) is 0 Å². The van der Waals surface area contributed by atoms with Gasteiger partial charge in [-0.05, 0) is 22.3 Å². The molecule has 8 heteroatoms. The normalized spacial score (nSPS) is 13.8. The molecule has 0 radical (unpaired) electrons. The van der Waals surface area contributed by atoms with Gasteiger partial charge in [0.25, 0.3) is 0 Å². The van der Waals surface area contributed by atoms with Gasteiger partial charge in [0.1, 0.15) is 19.3 Å². The lowest BCUT2D eigenvalue weighted by atomic mass is 9.94. The molecular weight excluding hydrogens is 400 g/mol. The topological polar surface area (TPSA) is 131 Å². The number of aliphatic hydroxyl groups excluding tert-OH is 2. The van der Waals surface area contributed by atoms with Crippen LogP contribution >= 0.6 is 0 Å². The first-order chi connectivity index (χ1) is 14.9. The average Bonchev–Trinajstić information content (AvgIpc) is 3.13. The summed E-state index contributed by atoms with van der Waals surface area (Å²) in [6, 6.07) is 14.9. The molecule has 1 aliphatic rings. The standard InChI is InChI=1S/C23H28N2O6/c1-23(12-26,13-27)14-31-21(28)20(10-24)25-22(29)30-11-19-17-8-4-2-6-15(17)16-7-3-5-9-18(16)19/h2-9,19-20,26-27H,10-14,24H2,1H3,(H,25,29)/t20-/m0/s1. The van der Waals surface area contributed by atoms with Crippen molar-refractivity contribution in [1.82, 2.24) is 5.32 Å². The first-order valence-electron chi connectivity index (χ1n) is 10.1. The van der Waals surface area contributed by atoms with E-state index in [4.69, 9.17) is 15.2 Å². The molecule has 0 heterocycles. The van der Waals surface area contributed by atoms with Crippen molar-refractivity contribution in [2.45, 2.75) is 18.9 Å². The largest absolute Gasteiger partial charge is 0.463 e. The smallest absolute Gasteiger partial charge is 0.407 e. The highest BCUT2D eigenvalue weighted by molar-refractivity contribution is 5.82. The fourth-order valence-electron chi connectivity index (χ4n) is 3.48. The molecule has 1 aliphatic carbocycles. The molecule has 0 saturated carbocycles. The fourth-order valence-corrected chi connectivity index (χ4v) is 3.48. The zero-order valence-corrected chi connectivity index (χ0v) is 17.4. The Labute approximate surface area is 181 Å². The number of fused-ring (bicyclic) bond motifs is 3. The summed E-state index contributed by atoms with van der Waals surface area (Å²) < 4.78 is 10.5. The van der Waals surface area contributed by atoms with Crippen LogP contribution in [0.5, 0.6) is 0 Å². The van der Waals surface area contributed by atoms with Gasteiger partial charge in [-0.15, -0.1) is 0 Å². The van der Waals surface area contributed by atoms with Crippen LogP contribution in [0.2, 0.25) is 0 Å². The molecule has 2 aromatic rings. The van der Waals surface area contributed by atoms with Gasteiger partial charge in [0.2, 0.25) is 0 Å². The van der Waals surface area contributed by atoms with Crippen molar-refractivity contribution in [3.05, 3.63) is 59.7 Å². The SMILES string of the molecule is CC(CO)(CO)COC(=O)[C@H](CN)NC(=O)OCC1c2ccccc2-c2ccccc21. The minimum atomic E-state index is -1.10. The molecule has 8 nitrogen and oxygen atoms in total. The summed E-state index contributed by atoms with van der Waals surface area (Å²) in [5.41, 5.74) is 9.03. The third-order valence-electron chi connectivity index (χ3n) is 5.48. The highest BCUT2D eigenvalue weighted by Crippen LogP contribution is 2.44. The second kappa shape index (κ2) is 9.91. The van der Waals surface area contributed by atoms with Gasteiger partial charge in [-0.25, -0.2) is 9.59 Å². The summed E-state index contributed by atoms with van der Waals surface area (Å²) in [6.07, 6.45) is -0.777. The number of aliphatic hydroxyl groups is 2. The number of nitrogens with one attached hydrogen (secondary N) is 1. The van der Waals surface area contributed by atoms with Crippen molar-refractivity contribution < 1.29 is 29.3 Å². The molecule has 2 aromatic carbocycles. The van der Waals surface area contributed by atoms with Crippen LogP contribution < -0.4 is 11.1 Å². The summed E-state index contributed by atoms with van der Waals surface area (Å²) in [5, 5.41) is 21.0. The van der Waals surface area contributed by atoms with E-state index in [0.29, 0.717) is 0 Å². The minimum absolute atomic E-state index is 0.101. The molecule has 1 amide bonds. The van der Waals surface area contributed by atoms with E-state index in [2.05, 4.69) is 5.32 Å². The summed E-state index contributed by atoms with van der Waals surface area (Å²) in [7, 11) is 0. The lowest BCUT2D eigenvalue weighted by molar-refractivity contribution is -0.151. The Hall–Kier alpha value is -2.94. The zero-order chi connectivity index (χ0) is 22.4. The Balaban J connectivity index is 1.59. The van der Waals surface area contributed by atoms with E-state index in [-0.39, 0.29) is 38.9 Å². The van der Waals surface area contributed by atoms with Crippen LogP contribution in [0.4, 0.5) is 4.79 Å². The van der Waals surface area contributed by atoms with E-state index < -0.39 is 23.5 Å². The van der Waals surface area contributed by atoms with Gasteiger partial charge in [-0.2, -0.15) is 0 Å². The van der Waals surface area contributed by atoms with Crippen molar-refractivity contribution in [3.63, 3.8) is 0 Å². The minimum Gasteiger partial charge on any atom is -0.463 e. The van der Waals surface area contributed by atoms with Crippen LogP contribution in [-0.4, -0.2) is 61.3 Å². The first kappa shape index (κ1) is 22.7. The predicted molar refractivity (Wildman–Crippen MR) is 114 cm³/mol. The zero-order valence-electron chi connectivity index (χ0n) is 17.4. The molecule has 0 aromatic heterocycles. The van der Waals surface area contributed by atoms with Crippen LogP contribution in [-0.2, 0) is 14.3 Å². The highest BCUT2D eigenvalue weighted by atomic mass is 16.6. The Morgan fingerprint density at radius 1 is 1.03 bits per heavy atom. The number of nitrogens with two attached hydrogens (primary N) is 1. The summed E-state index contributed by atoms with van der Waals surface area (Å²) in [4.78, 5) is 24.6. The lowest BCUT2D eigenvalue weighted by Gasteiger charge is -2.25. The summed E-state index contributed by atoms with van der Waals surface area (Å²) in [6.45, 7) is 0.573. The Kier molecular flexibility index (Phi) is 7.27. The van der Waals surface area contributed by atoms with Crippen molar-refractivity contribution >= 4 is 12.1 Å². The van der Waals surface area contributed by atoms with Gasteiger partial charge in [-0.1, -0.05) is 55.5 Å². The number of alkyl carbamates (subject to hydrolysis) is 1.